The van der Waals surface area contributed by atoms with E-state index in [0.29, 0.717) is 38.8 Å². The van der Waals surface area contributed by atoms with Crippen molar-refractivity contribution in [1.29, 1.82) is 0 Å². The van der Waals surface area contributed by atoms with Crippen molar-refractivity contribution in [3.63, 3.8) is 0 Å². The van der Waals surface area contributed by atoms with Crippen LogP contribution in [0.2, 0.25) is 0 Å². The highest BCUT2D eigenvalue weighted by Crippen LogP contribution is 2.74. The van der Waals surface area contributed by atoms with Crippen LogP contribution < -0.4 is 0 Å². The van der Waals surface area contributed by atoms with Crippen molar-refractivity contribution in [2.75, 3.05) is 0 Å². The summed E-state index contributed by atoms with van der Waals surface area (Å²) in [7, 11) is 0. The lowest BCUT2D eigenvalue weighted by molar-refractivity contribution is -0.168. The zero-order chi connectivity index (χ0) is 22.7. The van der Waals surface area contributed by atoms with E-state index in [-0.39, 0.29) is 5.41 Å². The summed E-state index contributed by atoms with van der Waals surface area (Å²) in [4.78, 5) is 12.9. The highest BCUT2D eigenvalue weighted by molar-refractivity contribution is 5.85. The third kappa shape index (κ3) is 2.76. The predicted octanol–water partition coefficient (Wildman–Crippen LogP) is 8.38. The molecule has 4 fully saturated rings. The molecule has 0 aromatic heterocycles. The maximum Gasteiger partial charge on any atom is 0.138 e. The van der Waals surface area contributed by atoms with E-state index in [4.69, 9.17) is 0 Å². The summed E-state index contributed by atoms with van der Waals surface area (Å²) in [6, 6.07) is 0. The Balaban J connectivity index is 1.56. The van der Waals surface area contributed by atoms with E-state index >= 15 is 0 Å². The summed E-state index contributed by atoms with van der Waals surface area (Å²) in [5.74, 6) is 2.66. The fourth-order valence-electron chi connectivity index (χ4n) is 10.7. The Morgan fingerprint density at radius 2 is 1.35 bits per heavy atom. The first-order valence-corrected chi connectivity index (χ1v) is 13.4. The van der Waals surface area contributed by atoms with Gasteiger partial charge in [0, 0.05) is 11.8 Å². The molecule has 0 amide bonds. The minimum atomic E-state index is -0.137. The van der Waals surface area contributed by atoms with Crippen molar-refractivity contribution in [2.24, 2.45) is 50.2 Å². The zero-order valence-electron chi connectivity index (χ0n) is 21.8. The number of rotatable bonds is 0. The summed E-state index contributed by atoms with van der Waals surface area (Å²) in [6.45, 7) is 20.1. The molecule has 0 heterocycles. The molecule has 0 aromatic rings. The summed E-state index contributed by atoms with van der Waals surface area (Å²) >= 11 is 0. The molecule has 31 heavy (non-hydrogen) atoms. The average Bonchev–Trinajstić information content (AvgIpc) is 2.66. The molecule has 5 aliphatic carbocycles. The van der Waals surface area contributed by atoms with Gasteiger partial charge in [0.05, 0.1) is 0 Å². The zero-order valence-corrected chi connectivity index (χ0v) is 21.8. The quantitative estimate of drug-likeness (QED) is 0.357. The summed E-state index contributed by atoms with van der Waals surface area (Å²) in [5, 5.41) is 0. The molecular formula is C30H48O. The fourth-order valence-corrected chi connectivity index (χ4v) is 10.7. The average molecular weight is 425 g/mol. The van der Waals surface area contributed by atoms with Crippen LogP contribution in [0.1, 0.15) is 120 Å². The number of hydrogen-bond acceptors (Lipinski definition) is 1. The van der Waals surface area contributed by atoms with Crippen LogP contribution in [0.5, 0.6) is 0 Å². The van der Waals surface area contributed by atoms with Gasteiger partial charge < -0.3 is 0 Å². The van der Waals surface area contributed by atoms with Gasteiger partial charge in [-0.25, -0.2) is 0 Å². The number of Topliss-reactive ketones (excluding diaryl/α,β-unsaturated/α-hetero) is 1. The van der Waals surface area contributed by atoms with Gasteiger partial charge in [0.2, 0.25) is 0 Å². The molecule has 4 saturated carbocycles. The van der Waals surface area contributed by atoms with Crippen molar-refractivity contribution in [3.8, 4) is 0 Å². The number of hydrogen-bond donors (Lipinski definition) is 0. The Kier molecular flexibility index (Phi) is 4.51. The molecule has 0 saturated heterocycles. The van der Waals surface area contributed by atoms with Gasteiger partial charge >= 0.3 is 0 Å². The van der Waals surface area contributed by atoms with Crippen LogP contribution >= 0.6 is 0 Å². The van der Waals surface area contributed by atoms with E-state index < -0.39 is 0 Å². The van der Waals surface area contributed by atoms with Gasteiger partial charge in [-0.3, -0.25) is 4.79 Å². The van der Waals surface area contributed by atoms with Crippen molar-refractivity contribution in [2.45, 2.75) is 120 Å². The second-order valence-electron chi connectivity index (χ2n) is 15.1. The Morgan fingerprint density at radius 1 is 0.742 bits per heavy atom. The van der Waals surface area contributed by atoms with Crippen LogP contribution in [0.25, 0.3) is 0 Å². The Morgan fingerprint density at radius 3 is 2.03 bits per heavy atom. The number of carbonyl (C=O) groups excluding carboxylic acids is 1. The van der Waals surface area contributed by atoms with Gasteiger partial charge in [0.15, 0.2) is 0 Å². The smallest absolute Gasteiger partial charge is 0.138 e. The topological polar surface area (TPSA) is 17.1 Å². The molecular weight excluding hydrogens is 376 g/mol. The van der Waals surface area contributed by atoms with Gasteiger partial charge in [0.1, 0.15) is 5.78 Å². The number of allylic oxidation sites excluding steroid dienone is 2. The molecule has 7 atom stereocenters. The van der Waals surface area contributed by atoms with E-state index in [2.05, 4.69) is 61.5 Å². The van der Waals surface area contributed by atoms with Gasteiger partial charge in [-0.2, -0.15) is 0 Å². The minimum absolute atomic E-state index is 0.137. The van der Waals surface area contributed by atoms with E-state index in [9.17, 15) is 4.79 Å². The lowest BCUT2D eigenvalue weighted by Crippen LogP contribution is -2.62. The van der Waals surface area contributed by atoms with Crippen molar-refractivity contribution >= 4 is 5.78 Å². The summed E-state index contributed by atoms with van der Waals surface area (Å²) in [6.07, 6.45) is 15.5. The Bertz CT molecular complexity index is 831. The third-order valence-electron chi connectivity index (χ3n) is 12.5. The minimum Gasteiger partial charge on any atom is -0.299 e. The molecule has 1 heteroatoms. The van der Waals surface area contributed by atoms with E-state index in [0.717, 1.165) is 24.7 Å². The van der Waals surface area contributed by atoms with E-state index in [1.165, 1.54) is 51.4 Å². The molecule has 1 nitrogen and oxygen atoms in total. The molecule has 5 aliphatic rings. The van der Waals surface area contributed by atoms with E-state index in [1.807, 2.05) is 5.57 Å². The van der Waals surface area contributed by atoms with Crippen LogP contribution in [0.4, 0.5) is 0 Å². The van der Waals surface area contributed by atoms with Crippen molar-refractivity contribution in [1.82, 2.24) is 0 Å². The first kappa shape index (κ1) is 22.2. The van der Waals surface area contributed by atoms with Crippen LogP contribution in [0.3, 0.4) is 0 Å². The molecule has 0 aliphatic heterocycles. The van der Waals surface area contributed by atoms with E-state index in [1.54, 1.807) is 0 Å². The number of ketones is 1. The largest absolute Gasteiger partial charge is 0.299 e. The van der Waals surface area contributed by atoms with Gasteiger partial charge in [-0.1, -0.05) is 67.0 Å². The van der Waals surface area contributed by atoms with Crippen LogP contribution in [-0.4, -0.2) is 5.78 Å². The SMILES string of the molecule is CC1(C)CC[C@@]2(C)CC=C3[C@](C)(CC[C@H]4[C@@]5(C)CCC(=O)C(C)(C)[C@H]5CC[C@@]34C)[C@H]2C1. The molecule has 5 rings (SSSR count). The molecule has 174 valence electrons. The highest BCUT2D eigenvalue weighted by Gasteiger charge is 2.66. The predicted molar refractivity (Wildman–Crippen MR) is 130 cm³/mol. The molecule has 0 unspecified atom stereocenters. The Hall–Kier alpha value is -0.590. The van der Waals surface area contributed by atoms with Crippen molar-refractivity contribution < 1.29 is 4.79 Å². The Labute approximate surface area is 192 Å². The lowest BCUT2D eigenvalue weighted by Gasteiger charge is -2.69. The fraction of sp³-hybridized carbons (Fsp3) is 0.900. The monoisotopic (exact) mass is 424 g/mol. The van der Waals surface area contributed by atoms with Crippen LogP contribution in [0, 0.1) is 50.2 Å². The molecule has 0 aromatic carbocycles. The van der Waals surface area contributed by atoms with Gasteiger partial charge in [-0.15, -0.1) is 0 Å². The van der Waals surface area contributed by atoms with Gasteiger partial charge in [0.25, 0.3) is 0 Å². The maximum absolute atomic E-state index is 12.9. The lowest BCUT2D eigenvalue weighted by atomic mass is 9.35. The standard InChI is InChI=1S/C30H48O/c1-25(2)17-18-27(5)13-9-21-29(7)14-10-20-26(3,4)24(31)12-16-28(20,6)22(29)11-15-30(21,8)23(27)19-25/h9,20,22-23H,10-19H2,1-8H3/t20-,22+,23+,27-,28+,29+,30+/m1/s1. The molecule has 0 spiro atoms. The van der Waals surface area contributed by atoms with Crippen LogP contribution in [0.15, 0.2) is 11.6 Å². The number of carbonyl (C=O) groups is 1. The molecule has 0 bridgehead atoms. The summed E-state index contributed by atoms with van der Waals surface area (Å²) in [5.41, 5.74) is 3.73. The third-order valence-corrected chi connectivity index (χ3v) is 12.5. The van der Waals surface area contributed by atoms with Crippen LogP contribution in [-0.2, 0) is 4.79 Å². The second kappa shape index (κ2) is 6.29. The highest BCUT2D eigenvalue weighted by atomic mass is 16.1. The van der Waals surface area contributed by atoms with Gasteiger partial charge in [-0.05, 0) is 103 Å². The maximum atomic E-state index is 12.9. The molecule has 0 radical (unpaired) electrons. The normalized spacial score (nSPS) is 52.8. The first-order valence-electron chi connectivity index (χ1n) is 13.4. The first-order chi connectivity index (χ1) is 14.2. The summed E-state index contributed by atoms with van der Waals surface area (Å²) < 4.78 is 0. The second-order valence-corrected chi connectivity index (χ2v) is 15.1. The van der Waals surface area contributed by atoms with Crippen molar-refractivity contribution in [3.05, 3.63) is 11.6 Å². The number of fused-ring (bicyclic) bond motifs is 7. The molecule has 0 N–H and O–H groups in total.